The van der Waals surface area contributed by atoms with Gasteiger partial charge in [-0.1, -0.05) is 6.07 Å². The average molecular weight is 394 g/mol. The van der Waals surface area contributed by atoms with Crippen LogP contribution in [0.25, 0.3) is 0 Å². The summed E-state index contributed by atoms with van der Waals surface area (Å²) in [6, 6.07) is 2.54. The standard InChI is InChI=1S/C18H24F2N6O2/c1-11-4-5-15(19)14(18(11)20)6-21-17(27)10-26-16(22-23-24-26)9-25-7-12(2)28-13(3)8-25/h4-5,12-13H,6-10H2,1-3H3,(H,21,27)/t12-,13+. The number of morpholine rings is 1. The molecule has 28 heavy (non-hydrogen) atoms. The van der Waals surface area contributed by atoms with Crippen LogP contribution in [0.5, 0.6) is 0 Å². The van der Waals surface area contributed by atoms with E-state index < -0.39 is 17.5 Å². The molecule has 1 aliphatic rings. The molecule has 1 fully saturated rings. The first-order valence-electron chi connectivity index (χ1n) is 9.16. The number of carbonyl (C=O) groups excluding carboxylic acids is 1. The molecule has 0 spiro atoms. The molecule has 1 N–H and O–H groups in total. The molecule has 3 rings (SSSR count). The summed E-state index contributed by atoms with van der Waals surface area (Å²) in [6.07, 6.45) is 0.214. The molecule has 0 radical (unpaired) electrons. The normalized spacial score (nSPS) is 20.3. The number of hydrogen-bond acceptors (Lipinski definition) is 6. The first kappa shape index (κ1) is 20.3. The van der Waals surface area contributed by atoms with Crippen LogP contribution >= 0.6 is 0 Å². The van der Waals surface area contributed by atoms with Crippen molar-refractivity contribution < 1.29 is 18.3 Å². The van der Waals surface area contributed by atoms with Crippen molar-refractivity contribution in [3.8, 4) is 0 Å². The number of tetrazole rings is 1. The van der Waals surface area contributed by atoms with Gasteiger partial charge in [0, 0.05) is 25.2 Å². The highest BCUT2D eigenvalue weighted by Gasteiger charge is 2.24. The molecule has 0 unspecified atom stereocenters. The topological polar surface area (TPSA) is 85.2 Å². The van der Waals surface area contributed by atoms with Gasteiger partial charge in [-0.05, 0) is 42.8 Å². The summed E-state index contributed by atoms with van der Waals surface area (Å²) in [4.78, 5) is 14.4. The molecule has 8 nitrogen and oxygen atoms in total. The van der Waals surface area contributed by atoms with E-state index in [9.17, 15) is 13.6 Å². The second-order valence-electron chi connectivity index (χ2n) is 7.14. The summed E-state index contributed by atoms with van der Waals surface area (Å²) in [6.45, 7) is 7.15. The fraction of sp³-hybridized carbons (Fsp3) is 0.556. The van der Waals surface area contributed by atoms with Gasteiger partial charge in [0.1, 0.15) is 18.2 Å². The van der Waals surface area contributed by atoms with Crippen LogP contribution in [0.1, 0.15) is 30.8 Å². The highest BCUT2D eigenvalue weighted by molar-refractivity contribution is 5.75. The predicted molar refractivity (Wildman–Crippen MR) is 96.0 cm³/mol. The number of carbonyl (C=O) groups is 1. The highest BCUT2D eigenvalue weighted by atomic mass is 19.1. The largest absolute Gasteiger partial charge is 0.373 e. The minimum absolute atomic E-state index is 0.107. The lowest BCUT2D eigenvalue weighted by Crippen LogP contribution is -2.45. The second-order valence-corrected chi connectivity index (χ2v) is 7.14. The van der Waals surface area contributed by atoms with Crippen molar-refractivity contribution in [2.24, 2.45) is 0 Å². The van der Waals surface area contributed by atoms with Gasteiger partial charge >= 0.3 is 0 Å². The molecule has 1 aliphatic heterocycles. The summed E-state index contributed by atoms with van der Waals surface area (Å²) in [5.41, 5.74) is 0.156. The zero-order valence-corrected chi connectivity index (χ0v) is 16.2. The lowest BCUT2D eigenvalue weighted by molar-refractivity contribution is -0.122. The molecule has 10 heteroatoms. The van der Waals surface area contributed by atoms with Crippen molar-refractivity contribution in [2.45, 2.75) is 52.6 Å². The summed E-state index contributed by atoms with van der Waals surface area (Å²) in [7, 11) is 0. The molecule has 1 aromatic carbocycles. The Kier molecular flexibility index (Phi) is 6.30. The minimum atomic E-state index is -0.693. The zero-order valence-electron chi connectivity index (χ0n) is 16.2. The van der Waals surface area contributed by atoms with Crippen molar-refractivity contribution in [3.63, 3.8) is 0 Å². The van der Waals surface area contributed by atoms with E-state index in [1.807, 2.05) is 13.8 Å². The van der Waals surface area contributed by atoms with Crippen molar-refractivity contribution in [3.05, 3.63) is 40.7 Å². The van der Waals surface area contributed by atoms with Gasteiger partial charge in [-0.3, -0.25) is 9.69 Å². The van der Waals surface area contributed by atoms with Crippen molar-refractivity contribution >= 4 is 5.91 Å². The Bertz CT molecular complexity index is 833. The maximum atomic E-state index is 14.0. The van der Waals surface area contributed by atoms with Crippen LogP contribution in [0.15, 0.2) is 12.1 Å². The van der Waals surface area contributed by atoms with E-state index in [-0.39, 0.29) is 30.9 Å². The average Bonchev–Trinajstić information content (AvgIpc) is 3.04. The molecule has 2 atom stereocenters. The zero-order chi connectivity index (χ0) is 20.3. The number of aromatic nitrogens is 4. The summed E-state index contributed by atoms with van der Waals surface area (Å²) in [5, 5.41) is 14.0. The van der Waals surface area contributed by atoms with E-state index in [2.05, 4.69) is 25.7 Å². The lowest BCUT2D eigenvalue weighted by atomic mass is 10.1. The van der Waals surface area contributed by atoms with Crippen molar-refractivity contribution in [2.75, 3.05) is 13.1 Å². The molecule has 0 bridgehead atoms. The van der Waals surface area contributed by atoms with Gasteiger partial charge in [0.15, 0.2) is 5.82 Å². The third-order valence-electron chi connectivity index (χ3n) is 4.60. The third kappa shape index (κ3) is 4.87. The number of nitrogens with one attached hydrogen (secondary N) is 1. The molecule has 152 valence electrons. The number of halogens is 2. The van der Waals surface area contributed by atoms with E-state index >= 15 is 0 Å². The fourth-order valence-electron chi connectivity index (χ4n) is 3.33. The highest BCUT2D eigenvalue weighted by Crippen LogP contribution is 2.16. The van der Waals surface area contributed by atoms with Gasteiger partial charge in [-0.25, -0.2) is 13.5 Å². The fourth-order valence-corrected chi connectivity index (χ4v) is 3.33. The maximum Gasteiger partial charge on any atom is 0.242 e. The Morgan fingerprint density at radius 1 is 1.29 bits per heavy atom. The van der Waals surface area contributed by atoms with E-state index in [1.165, 1.54) is 16.8 Å². The smallest absolute Gasteiger partial charge is 0.242 e. The lowest BCUT2D eigenvalue weighted by Gasteiger charge is -2.34. The van der Waals surface area contributed by atoms with Crippen LogP contribution in [0.4, 0.5) is 8.78 Å². The monoisotopic (exact) mass is 394 g/mol. The third-order valence-corrected chi connectivity index (χ3v) is 4.60. The molecule has 2 heterocycles. The molecule has 1 aromatic heterocycles. The van der Waals surface area contributed by atoms with Crippen LogP contribution < -0.4 is 5.32 Å². The summed E-state index contributed by atoms with van der Waals surface area (Å²) in [5.74, 6) is -1.23. The van der Waals surface area contributed by atoms with Crippen LogP contribution in [-0.2, 0) is 29.2 Å². The quantitative estimate of drug-likeness (QED) is 0.792. The first-order chi connectivity index (χ1) is 13.3. The Balaban J connectivity index is 1.58. The number of rotatable bonds is 6. The Hall–Kier alpha value is -2.46. The maximum absolute atomic E-state index is 14.0. The van der Waals surface area contributed by atoms with Gasteiger partial charge in [0.05, 0.1) is 18.8 Å². The minimum Gasteiger partial charge on any atom is -0.373 e. The number of aryl methyl sites for hydroxylation is 1. The number of nitrogens with zero attached hydrogens (tertiary/aromatic N) is 5. The van der Waals surface area contributed by atoms with Crippen LogP contribution in [0, 0.1) is 18.6 Å². The van der Waals surface area contributed by atoms with E-state index in [4.69, 9.17) is 4.74 Å². The van der Waals surface area contributed by atoms with Gasteiger partial charge in [-0.15, -0.1) is 5.10 Å². The van der Waals surface area contributed by atoms with Gasteiger partial charge in [0.2, 0.25) is 5.91 Å². The van der Waals surface area contributed by atoms with Crippen LogP contribution in [-0.4, -0.2) is 56.3 Å². The predicted octanol–water partition coefficient (Wildman–Crippen LogP) is 1.19. The summed E-state index contributed by atoms with van der Waals surface area (Å²) >= 11 is 0. The molecule has 2 aromatic rings. The van der Waals surface area contributed by atoms with E-state index in [0.717, 1.165) is 13.1 Å². The Morgan fingerprint density at radius 3 is 2.71 bits per heavy atom. The number of ether oxygens (including phenoxy) is 1. The summed E-state index contributed by atoms with van der Waals surface area (Å²) < 4.78 is 34.9. The molecular formula is C18H24F2N6O2. The number of amides is 1. The van der Waals surface area contributed by atoms with Crippen molar-refractivity contribution in [1.82, 2.24) is 30.4 Å². The van der Waals surface area contributed by atoms with Crippen LogP contribution in [0.2, 0.25) is 0 Å². The molecule has 1 saturated heterocycles. The first-order valence-corrected chi connectivity index (χ1v) is 9.16. The SMILES string of the molecule is Cc1ccc(F)c(CNC(=O)Cn2nnnc2CN2C[C@@H](C)O[C@@H](C)C2)c1F. The van der Waals surface area contributed by atoms with E-state index in [0.29, 0.717) is 17.9 Å². The Morgan fingerprint density at radius 2 is 2.00 bits per heavy atom. The van der Waals surface area contributed by atoms with Gasteiger partial charge < -0.3 is 10.1 Å². The number of hydrogen-bond donors (Lipinski definition) is 1. The Labute approximate surface area is 161 Å². The number of benzene rings is 1. The van der Waals surface area contributed by atoms with Gasteiger partial charge in [-0.2, -0.15) is 0 Å². The van der Waals surface area contributed by atoms with Crippen LogP contribution in [0.3, 0.4) is 0 Å². The molecular weight excluding hydrogens is 370 g/mol. The molecule has 0 saturated carbocycles. The van der Waals surface area contributed by atoms with E-state index in [1.54, 1.807) is 6.92 Å². The van der Waals surface area contributed by atoms with Crippen molar-refractivity contribution in [1.29, 1.82) is 0 Å². The second kappa shape index (κ2) is 8.70. The molecule has 0 aliphatic carbocycles. The molecule has 1 amide bonds. The van der Waals surface area contributed by atoms with Gasteiger partial charge in [0.25, 0.3) is 0 Å².